The maximum absolute atomic E-state index is 13.4. The molecule has 0 amide bonds. The van der Waals surface area contributed by atoms with E-state index < -0.39 is 26.9 Å². The summed E-state index contributed by atoms with van der Waals surface area (Å²) in [5.41, 5.74) is 0.762. The van der Waals surface area contributed by atoms with Crippen molar-refractivity contribution in [3.63, 3.8) is 0 Å². The van der Waals surface area contributed by atoms with E-state index in [0.29, 0.717) is 22.6 Å². The molecule has 0 bridgehead atoms. The van der Waals surface area contributed by atoms with Gasteiger partial charge in [-0.1, -0.05) is 18.0 Å². The van der Waals surface area contributed by atoms with Crippen LogP contribution in [0.4, 0.5) is 0 Å². The third kappa shape index (κ3) is 3.54. The Labute approximate surface area is 172 Å². The summed E-state index contributed by atoms with van der Waals surface area (Å²) in [6, 6.07) is 4.31. The molecule has 1 aromatic carbocycles. The Hall–Kier alpha value is -2.94. The molecular weight excluding hydrogens is 408 g/mol. The van der Waals surface area contributed by atoms with E-state index in [1.807, 2.05) is 0 Å². The minimum Gasteiger partial charge on any atom is -0.477 e. The molecule has 0 aliphatic heterocycles. The number of nitrogens with zero attached hydrogens (tertiary/aromatic N) is 1. The first-order valence-electron chi connectivity index (χ1n) is 9.78. The number of benzene rings is 1. The number of aromatic amines is 1. The van der Waals surface area contributed by atoms with Gasteiger partial charge >= 0.3 is 5.97 Å². The lowest BCUT2D eigenvalue weighted by Gasteiger charge is -2.14. The highest BCUT2D eigenvalue weighted by Crippen LogP contribution is 2.35. The zero-order valence-corrected chi connectivity index (χ0v) is 17.5. The van der Waals surface area contributed by atoms with E-state index in [4.69, 9.17) is 4.52 Å². The van der Waals surface area contributed by atoms with Gasteiger partial charge in [0, 0.05) is 10.9 Å². The molecule has 0 saturated heterocycles. The molecule has 9 heteroatoms. The van der Waals surface area contributed by atoms with Gasteiger partial charge in [0.1, 0.15) is 11.3 Å². The predicted molar refractivity (Wildman–Crippen MR) is 111 cm³/mol. The zero-order valence-electron chi connectivity index (χ0n) is 16.7. The number of carboxylic acid groups (broad SMARTS) is 1. The molecule has 1 fully saturated rings. The summed E-state index contributed by atoms with van der Waals surface area (Å²) in [7, 11) is -3.73. The van der Waals surface area contributed by atoms with Gasteiger partial charge in [0.05, 0.1) is 21.9 Å². The molecule has 8 nitrogen and oxygen atoms in total. The van der Waals surface area contributed by atoms with Crippen molar-refractivity contribution in [3.05, 3.63) is 45.6 Å². The van der Waals surface area contributed by atoms with E-state index in [1.54, 1.807) is 19.9 Å². The number of pyridine rings is 1. The van der Waals surface area contributed by atoms with Gasteiger partial charge in [-0.25, -0.2) is 13.2 Å². The zero-order chi connectivity index (χ0) is 21.6. The Morgan fingerprint density at radius 3 is 2.53 bits per heavy atom. The number of carbonyl (C=O) groups is 1. The van der Waals surface area contributed by atoms with Crippen molar-refractivity contribution in [1.29, 1.82) is 0 Å². The molecule has 2 aromatic heterocycles. The number of rotatable bonds is 5. The molecule has 0 spiro atoms. The predicted octanol–water partition coefficient (Wildman–Crippen LogP) is 3.46. The smallest absolute Gasteiger partial charge is 0.341 e. The van der Waals surface area contributed by atoms with Crippen molar-refractivity contribution >= 4 is 26.7 Å². The summed E-state index contributed by atoms with van der Waals surface area (Å²) >= 11 is 0. The lowest BCUT2D eigenvalue weighted by atomic mass is 10.0. The van der Waals surface area contributed by atoms with E-state index in [1.165, 1.54) is 6.07 Å². The van der Waals surface area contributed by atoms with Crippen LogP contribution in [0.15, 0.2) is 32.4 Å². The molecule has 2 heterocycles. The first kappa shape index (κ1) is 20.3. The summed E-state index contributed by atoms with van der Waals surface area (Å²) in [6.45, 7) is 3.47. The number of hydrogen-bond acceptors (Lipinski definition) is 6. The minimum atomic E-state index is -3.73. The topological polar surface area (TPSA) is 130 Å². The average Bonchev–Trinajstić information content (AvgIpc) is 3.29. The van der Waals surface area contributed by atoms with E-state index in [-0.39, 0.29) is 27.5 Å². The highest BCUT2D eigenvalue weighted by atomic mass is 32.2. The maximum Gasteiger partial charge on any atom is 0.341 e. The quantitative estimate of drug-likeness (QED) is 0.634. The lowest BCUT2D eigenvalue weighted by Crippen LogP contribution is -2.19. The normalized spacial score (nSPS) is 15.1. The van der Waals surface area contributed by atoms with Gasteiger partial charge in [0.2, 0.25) is 0 Å². The van der Waals surface area contributed by atoms with Crippen molar-refractivity contribution in [3.8, 4) is 11.1 Å². The monoisotopic (exact) mass is 430 g/mol. The Balaban J connectivity index is 2.00. The number of aromatic nitrogens is 2. The number of fused-ring (bicyclic) bond motifs is 1. The van der Waals surface area contributed by atoms with Crippen molar-refractivity contribution < 1.29 is 22.8 Å². The van der Waals surface area contributed by atoms with Gasteiger partial charge in [0.15, 0.2) is 9.84 Å². The summed E-state index contributed by atoms with van der Waals surface area (Å²) in [6.07, 6.45) is 3.74. The number of H-pyrrole nitrogens is 1. The first-order valence-corrected chi connectivity index (χ1v) is 11.4. The van der Waals surface area contributed by atoms with Crippen LogP contribution in [0.2, 0.25) is 0 Å². The van der Waals surface area contributed by atoms with Crippen LogP contribution in [-0.2, 0) is 9.84 Å². The number of nitrogens with one attached hydrogen (secondary N) is 1. The highest BCUT2D eigenvalue weighted by molar-refractivity contribution is 7.91. The summed E-state index contributed by atoms with van der Waals surface area (Å²) < 4.78 is 32.0. The molecule has 0 radical (unpaired) electrons. The van der Waals surface area contributed by atoms with E-state index >= 15 is 0 Å². The molecule has 0 atom stereocenters. The maximum atomic E-state index is 13.4. The van der Waals surface area contributed by atoms with E-state index in [2.05, 4.69) is 10.1 Å². The van der Waals surface area contributed by atoms with Crippen molar-refractivity contribution in [1.82, 2.24) is 10.1 Å². The van der Waals surface area contributed by atoms with Crippen LogP contribution in [-0.4, -0.2) is 35.4 Å². The standard InChI is InChI=1S/C21H22N2O6S/c1-11-19(12(2)29-23-11)14-7-17-15(9-16(21(25)26)20(24)22-17)18(8-14)30(27,28)10-13-5-3-4-6-13/h7-9,13H,3-6,10H2,1-2H3,(H,22,24)(H,25,26). The number of aryl methyl sites for hydroxylation is 2. The third-order valence-electron chi connectivity index (χ3n) is 5.74. The molecule has 2 N–H and O–H groups in total. The molecule has 158 valence electrons. The van der Waals surface area contributed by atoms with Crippen LogP contribution in [0, 0.1) is 19.8 Å². The summed E-state index contributed by atoms with van der Waals surface area (Å²) in [5, 5.41) is 13.5. The minimum absolute atomic E-state index is 0.00527. The van der Waals surface area contributed by atoms with Gasteiger partial charge in [-0.2, -0.15) is 0 Å². The number of sulfone groups is 1. The second kappa shape index (κ2) is 7.39. The fourth-order valence-corrected chi connectivity index (χ4v) is 6.26. The molecular formula is C21H22N2O6S. The van der Waals surface area contributed by atoms with Gasteiger partial charge in [0.25, 0.3) is 5.56 Å². The van der Waals surface area contributed by atoms with Gasteiger partial charge in [-0.05, 0) is 56.4 Å². The first-order chi connectivity index (χ1) is 14.2. The van der Waals surface area contributed by atoms with Crippen molar-refractivity contribution in [2.45, 2.75) is 44.4 Å². The van der Waals surface area contributed by atoms with Gasteiger partial charge < -0.3 is 14.6 Å². The van der Waals surface area contributed by atoms with E-state index in [0.717, 1.165) is 31.7 Å². The van der Waals surface area contributed by atoms with Crippen LogP contribution in [0.3, 0.4) is 0 Å². The molecule has 30 heavy (non-hydrogen) atoms. The largest absolute Gasteiger partial charge is 0.477 e. The highest BCUT2D eigenvalue weighted by Gasteiger charge is 2.28. The Bertz CT molecular complexity index is 1290. The van der Waals surface area contributed by atoms with Crippen LogP contribution >= 0.6 is 0 Å². The second-order valence-electron chi connectivity index (χ2n) is 7.88. The SMILES string of the molecule is Cc1noc(C)c1-c1cc(S(=O)(=O)CC2CCCC2)c2cc(C(=O)O)c(=O)[nH]c2c1. The molecule has 1 aliphatic carbocycles. The fourth-order valence-electron chi connectivity index (χ4n) is 4.31. The second-order valence-corrected chi connectivity index (χ2v) is 9.89. The Morgan fingerprint density at radius 2 is 1.93 bits per heavy atom. The average molecular weight is 430 g/mol. The molecule has 4 rings (SSSR count). The van der Waals surface area contributed by atoms with Crippen molar-refractivity contribution in [2.75, 3.05) is 5.75 Å². The Morgan fingerprint density at radius 1 is 1.23 bits per heavy atom. The van der Waals surface area contributed by atoms with E-state index in [9.17, 15) is 23.1 Å². The van der Waals surface area contributed by atoms with Crippen LogP contribution in [0.5, 0.6) is 0 Å². The summed E-state index contributed by atoms with van der Waals surface area (Å²) in [5.74, 6) is -0.814. The van der Waals surface area contributed by atoms with Crippen LogP contribution in [0.1, 0.15) is 47.5 Å². The van der Waals surface area contributed by atoms with Crippen molar-refractivity contribution in [2.24, 2.45) is 5.92 Å². The molecule has 0 unspecified atom stereocenters. The van der Waals surface area contributed by atoms with Crippen LogP contribution < -0.4 is 5.56 Å². The summed E-state index contributed by atoms with van der Waals surface area (Å²) in [4.78, 5) is 26.2. The number of hydrogen-bond donors (Lipinski definition) is 2. The number of carboxylic acids is 1. The van der Waals surface area contributed by atoms with Crippen LogP contribution in [0.25, 0.3) is 22.0 Å². The molecule has 1 aliphatic rings. The lowest BCUT2D eigenvalue weighted by molar-refractivity contribution is 0.0695. The fraction of sp³-hybridized carbons (Fsp3) is 0.381. The molecule has 1 saturated carbocycles. The Kier molecular flexibility index (Phi) is 5.01. The number of aromatic carboxylic acids is 1. The third-order valence-corrected chi connectivity index (χ3v) is 7.66. The molecule has 3 aromatic rings. The van der Waals surface area contributed by atoms with Gasteiger partial charge in [-0.3, -0.25) is 4.79 Å². The van der Waals surface area contributed by atoms with Gasteiger partial charge in [-0.15, -0.1) is 0 Å².